The van der Waals surface area contributed by atoms with Crippen molar-refractivity contribution in [3.05, 3.63) is 48.5 Å². The SMILES string of the molecule is CC(C)(CC(=O)O)CC(=O)Nc1ccc(-c2nc3ccccc3s2)cc1. The molecule has 6 heteroatoms. The van der Waals surface area contributed by atoms with E-state index in [1.165, 1.54) is 0 Å². The summed E-state index contributed by atoms with van der Waals surface area (Å²) in [6.07, 6.45) is 0.107. The van der Waals surface area contributed by atoms with Crippen molar-refractivity contribution in [2.24, 2.45) is 5.41 Å². The van der Waals surface area contributed by atoms with Gasteiger partial charge in [-0.2, -0.15) is 0 Å². The minimum absolute atomic E-state index is 0.0447. The van der Waals surface area contributed by atoms with Crippen LogP contribution in [0.15, 0.2) is 48.5 Å². The molecule has 0 saturated carbocycles. The van der Waals surface area contributed by atoms with Crippen LogP contribution in [0.5, 0.6) is 0 Å². The van der Waals surface area contributed by atoms with Gasteiger partial charge in [-0.15, -0.1) is 11.3 Å². The maximum atomic E-state index is 12.2. The van der Waals surface area contributed by atoms with Crippen molar-refractivity contribution in [3.8, 4) is 10.6 Å². The van der Waals surface area contributed by atoms with E-state index in [4.69, 9.17) is 5.11 Å². The molecule has 2 aromatic carbocycles. The second-order valence-corrected chi connectivity index (χ2v) is 8.05. The Labute approximate surface area is 155 Å². The first-order valence-electron chi connectivity index (χ1n) is 8.30. The zero-order valence-corrected chi connectivity index (χ0v) is 15.5. The van der Waals surface area contributed by atoms with E-state index in [9.17, 15) is 9.59 Å². The fourth-order valence-electron chi connectivity index (χ4n) is 2.80. The number of thiazole rings is 1. The molecule has 0 bridgehead atoms. The van der Waals surface area contributed by atoms with Crippen LogP contribution in [-0.4, -0.2) is 22.0 Å². The van der Waals surface area contributed by atoms with E-state index in [1.807, 2.05) is 48.5 Å². The number of aliphatic carboxylic acids is 1. The maximum Gasteiger partial charge on any atom is 0.303 e. The van der Waals surface area contributed by atoms with Gasteiger partial charge in [0.15, 0.2) is 0 Å². The second kappa shape index (κ2) is 7.25. The summed E-state index contributed by atoms with van der Waals surface area (Å²) in [5, 5.41) is 12.7. The van der Waals surface area contributed by atoms with Gasteiger partial charge in [-0.3, -0.25) is 9.59 Å². The number of carboxylic acid groups (broad SMARTS) is 1. The third-order valence-corrected chi connectivity index (χ3v) is 5.06. The molecule has 0 saturated heterocycles. The van der Waals surface area contributed by atoms with Crippen LogP contribution in [0, 0.1) is 5.41 Å². The molecular weight excluding hydrogens is 348 g/mol. The Morgan fingerprint density at radius 2 is 1.77 bits per heavy atom. The summed E-state index contributed by atoms with van der Waals surface area (Å²) in [4.78, 5) is 27.6. The number of para-hydroxylation sites is 1. The molecule has 0 aliphatic carbocycles. The van der Waals surface area contributed by atoms with Gasteiger partial charge in [0.05, 0.1) is 16.6 Å². The molecule has 0 unspecified atom stereocenters. The number of anilines is 1. The van der Waals surface area contributed by atoms with E-state index in [-0.39, 0.29) is 18.7 Å². The van der Waals surface area contributed by atoms with Gasteiger partial charge in [0.2, 0.25) is 5.91 Å². The van der Waals surface area contributed by atoms with Crippen molar-refractivity contribution in [2.45, 2.75) is 26.7 Å². The monoisotopic (exact) mass is 368 g/mol. The van der Waals surface area contributed by atoms with E-state index < -0.39 is 11.4 Å². The Morgan fingerprint density at radius 3 is 2.42 bits per heavy atom. The summed E-state index contributed by atoms with van der Waals surface area (Å²) in [5.41, 5.74) is 2.07. The van der Waals surface area contributed by atoms with Gasteiger partial charge in [-0.05, 0) is 41.8 Å². The number of aromatic nitrogens is 1. The molecule has 0 spiro atoms. The van der Waals surface area contributed by atoms with Crippen LogP contribution in [-0.2, 0) is 9.59 Å². The third kappa shape index (κ3) is 4.46. The molecule has 3 aromatic rings. The summed E-state index contributed by atoms with van der Waals surface area (Å²) < 4.78 is 1.14. The minimum atomic E-state index is -0.900. The molecule has 2 N–H and O–H groups in total. The molecular formula is C20H20N2O3S. The van der Waals surface area contributed by atoms with Crippen LogP contribution in [0.4, 0.5) is 5.69 Å². The summed E-state index contributed by atoms with van der Waals surface area (Å²) in [6.45, 7) is 3.55. The number of nitrogens with one attached hydrogen (secondary N) is 1. The zero-order chi connectivity index (χ0) is 18.7. The van der Waals surface area contributed by atoms with Crippen LogP contribution in [0.3, 0.4) is 0 Å². The molecule has 0 atom stereocenters. The van der Waals surface area contributed by atoms with E-state index in [0.717, 1.165) is 20.8 Å². The molecule has 3 rings (SSSR count). The molecule has 1 heterocycles. The number of hydrogen-bond donors (Lipinski definition) is 2. The first-order chi connectivity index (χ1) is 12.3. The topological polar surface area (TPSA) is 79.3 Å². The number of hydrogen-bond acceptors (Lipinski definition) is 4. The maximum absolute atomic E-state index is 12.2. The number of benzene rings is 2. The van der Waals surface area contributed by atoms with Crippen molar-refractivity contribution in [2.75, 3.05) is 5.32 Å². The fourth-order valence-corrected chi connectivity index (χ4v) is 3.77. The molecule has 134 valence electrons. The average Bonchev–Trinajstić information content (AvgIpc) is 2.97. The van der Waals surface area contributed by atoms with Crippen LogP contribution in [0.2, 0.25) is 0 Å². The van der Waals surface area contributed by atoms with Crippen LogP contribution in [0.1, 0.15) is 26.7 Å². The Hall–Kier alpha value is -2.73. The zero-order valence-electron chi connectivity index (χ0n) is 14.7. The van der Waals surface area contributed by atoms with Gasteiger partial charge in [0.25, 0.3) is 0 Å². The van der Waals surface area contributed by atoms with Crippen LogP contribution >= 0.6 is 11.3 Å². The highest BCUT2D eigenvalue weighted by Gasteiger charge is 2.25. The quantitative estimate of drug-likeness (QED) is 0.655. The van der Waals surface area contributed by atoms with Gasteiger partial charge in [-0.25, -0.2) is 4.98 Å². The van der Waals surface area contributed by atoms with E-state index in [1.54, 1.807) is 25.2 Å². The van der Waals surface area contributed by atoms with Crippen molar-refractivity contribution in [1.82, 2.24) is 4.98 Å². The highest BCUT2D eigenvalue weighted by Crippen LogP contribution is 2.31. The Bertz CT molecular complexity index is 912. The van der Waals surface area contributed by atoms with E-state index in [0.29, 0.717) is 5.69 Å². The molecule has 26 heavy (non-hydrogen) atoms. The normalized spacial score (nSPS) is 11.5. The lowest BCUT2D eigenvalue weighted by atomic mass is 9.85. The van der Waals surface area contributed by atoms with E-state index >= 15 is 0 Å². The highest BCUT2D eigenvalue weighted by molar-refractivity contribution is 7.21. The Kier molecular flexibility index (Phi) is 5.04. The Morgan fingerprint density at radius 1 is 1.08 bits per heavy atom. The lowest BCUT2D eigenvalue weighted by Crippen LogP contribution is -2.24. The molecule has 0 aliphatic heterocycles. The smallest absolute Gasteiger partial charge is 0.303 e. The standard InChI is InChI=1S/C20H20N2O3S/c1-20(2,12-18(24)25)11-17(23)21-14-9-7-13(8-10-14)19-22-15-5-3-4-6-16(15)26-19/h3-10H,11-12H2,1-2H3,(H,21,23)(H,24,25). The second-order valence-electron chi connectivity index (χ2n) is 7.02. The first kappa shape index (κ1) is 18.1. The van der Waals surface area contributed by atoms with Gasteiger partial charge in [0.1, 0.15) is 5.01 Å². The number of carboxylic acids is 1. The molecule has 0 aliphatic rings. The molecule has 1 amide bonds. The largest absolute Gasteiger partial charge is 0.481 e. The van der Waals surface area contributed by atoms with E-state index in [2.05, 4.69) is 10.3 Å². The molecule has 0 fully saturated rings. The number of fused-ring (bicyclic) bond motifs is 1. The van der Waals surface area contributed by atoms with Gasteiger partial charge < -0.3 is 10.4 Å². The van der Waals surface area contributed by atoms with Crippen molar-refractivity contribution in [1.29, 1.82) is 0 Å². The van der Waals surface area contributed by atoms with Crippen molar-refractivity contribution < 1.29 is 14.7 Å². The number of amides is 1. The molecule has 5 nitrogen and oxygen atoms in total. The lowest BCUT2D eigenvalue weighted by Gasteiger charge is -2.21. The minimum Gasteiger partial charge on any atom is -0.481 e. The number of carbonyl (C=O) groups is 2. The lowest BCUT2D eigenvalue weighted by molar-refractivity contribution is -0.139. The summed E-state index contributed by atoms with van der Waals surface area (Å²) in [7, 11) is 0. The van der Waals surface area contributed by atoms with Gasteiger partial charge >= 0.3 is 5.97 Å². The summed E-state index contributed by atoms with van der Waals surface area (Å²) >= 11 is 1.63. The summed E-state index contributed by atoms with van der Waals surface area (Å²) in [6, 6.07) is 15.5. The van der Waals surface area contributed by atoms with Gasteiger partial charge in [-0.1, -0.05) is 26.0 Å². The first-order valence-corrected chi connectivity index (χ1v) is 9.12. The number of carbonyl (C=O) groups excluding carboxylic acids is 1. The predicted molar refractivity (Wildman–Crippen MR) is 104 cm³/mol. The Balaban J connectivity index is 1.67. The predicted octanol–water partition coefficient (Wildman–Crippen LogP) is 4.79. The molecule has 0 radical (unpaired) electrons. The molecule has 1 aromatic heterocycles. The van der Waals surface area contributed by atoms with Gasteiger partial charge in [0, 0.05) is 17.7 Å². The summed E-state index contributed by atoms with van der Waals surface area (Å²) in [5.74, 6) is -1.09. The fraction of sp³-hybridized carbons (Fsp3) is 0.250. The van der Waals surface area contributed by atoms with Crippen LogP contribution in [0.25, 0.3) is 20.8 Å². The van der Waals surface area contributed by atoms with Crippen molar-refractivity contribution in [3.63, 3.8) is 0 Å². The number of rotatable bonds is 6. The van der Waals surface area contributed by atoms with Crippen LogP contribution < -0.4 is 5.32 Å². The highest BCUT2D eigenvalue weighted by atomic mass is 32.1. The number of nitrogens with zero attached hydrogens (tertiary/aromatic N) is 1. The van der Waals surface area contributed by atoms with Crippen molar-refractivity contribution >= 4 is 39.1 Å². The third-order valence-electron chi connectivity index (χ3n) is 3.98. The average molecular weight is 368 g/mol.